The Labute approximate surface area is 190 Å². The van der Waals surface area contributed by atoms with Crippen LogP contribution in [0.1, 0.15) is 36.7 Å². The summed E-state index contributed by atoms with van der Waals surface area (Å²) in [6, 6.07) is 10.2. The molecule has 0 aromatic heterocycles. The van der Waals surface area contributed by atoms with Gasteiger partial charge in [0, 0.05) is 17.7 Å². The summed E-state index contributed by atoms with van der Waals surface area (Å²) in [5, 5.41) is 2.79. The standard InChI is InChI=1S/C23H24F2N2O5S/c1-13-11-33(30,31)12-18(13)26-20(28)14-7-8-19-17(9-14)23(2,3)21(29)27(19)15-5-4-6-16(10-15)32-22(24)25/h4-10,13,18,22H,11-12H2,1-3H3,(H,26,28). The molecule has 1 saturated heterocycles. The Morgan fingerprint density at radius 2 is 1.91 bits per heavy atom. The minimum absolute atomic E-state index is 0.0347. The van der Waals surface area contributed by atoms with Crippen LogP contribution in [0, 0.1) is 5.92 Å². The van der Waals surface area contributed by atoms with Crippen LogP contribution in [0.3, 0.4) is 0 Å². The van der Waals surface area contributed by atoms with Crippen molar-refractivity contribution in [3.63, 3.8) is 0 Å². The SMILES string of the molecule is CC1CS(=O)(=O)CC1NC(=O)c1ccc2c(c1)C(C)(C)C(=O)N2c1cccc(OC(F)F)c1. The molecule has 2 atom stereocenters. The highest BCUT2D eigenvalue weighted by atomic mass is 32.2. The Bertz CT molecular complexity index is 1230. The normalized spacial score (nSPS) is 23.0. The second kappa shape index (κ2) is 8.09. The largest absolute Gasteiger partial charge is 0.435 e. The lowest BCUT2D eigenvalue weighted by molar-refractivity contribution is -0.121. The highest BCUT2D eigenvalue weighted by molar-refractivity contribution is 7.91. The van der Waals surface area contributed by atoms with Crippen molar-refractivity contribution < 1.29 is 31.5 Å². The van der Waals surface area contributed by atoms with E-state index in [2.05, 4.69) is 10.1 Å². The van der Waals surface area contributed by atoms with E-state index in [0.717, 1.165) is 0 Å². The van der Waals surface area contributed by atoms with Crippen molar-refractivity contribution in [2.24, 2.45) is 5.92 Å². The van der Waals surface area contributed by atoms with Crippen molar-refractivity contribution in [2.75, 3.05) is 16.4 Å². The minimum Gasteiger partial charge on any atom is -0.435 e. The third-order valence-electron chi connectivity index (χ3n) is 6.17. The maximum atomic E-state index is 13.3. The molecule has 2 aromatic rings. The van der Waals surface area contributed by atoms with E-state index in [4.69, 9.17) is 0 Å². The fourth-order valence-electron chi connectivity index (χ4n) is 4.39. The first kappa shape index (κ1) is 23.2. The molecule has 1 fully saturated rings. The highest BCUT2D eigenvalue weighted by Gasteiger charge is 2.45. The summed E-state index contributed by atoms with van der Waals surface area (Å²) in [6.45, 7) is 2.24. The fourth-order valence-corrected chi connectivity index (χ4v) is 6.52. The van der Waals surface area contributed by atoms with Crippen LogP contribution >= 0.6 is 0 Å². The number of amides is 2. The van der Waals surface area contributed by atoms with E-state index in [1.807, 2.05) is 0 Å². The van der Waals surface area contributed by atoms with E-state index in [1.54, 1.807) is 45.0 Å². The van der Waals surface area contributed by atoms with Crippen molar-refractivity contribution in [1.82, 2.24) is 5.32 Å². The average Bonchev–Trinajstić information content (AvgIpc) is 3.09. The molecule has 0 bridgehead atoms. The second-order valence-corrected chi connectivity index (χ2v) is 11.2. The zero-order valence-electron chi connectivity index (χ0n) is 18.3. The van der Waals surface area contributed by atoms with Gasteiger partial charge in [0.15, 0.2) is 9.84 Å². The maximum absolute atomic E-state index is 13.3. The Kier molecular flexibility index (Phi) is 5.68. The Hall–Kier alpha value is -3.01. The van der Waals surface area contributed by atoms with Crippen molar-refractivity contribution in [2.45, 2.75) is 38.8 Å². The lowest BCUT2D eigenvalue weighted by Crippen LogP contribution is -2.39. The molecule has 2 unspecified atom stereocenters. The summed E-state index contributed by atoms with van der Waals surface area (Å²) in [4.78, 5) is 27.5. The molecule has 2 amide bonds. The quantitative estimate of drug-likeness (QED) is 0.711. The number of carbonyl (C=O) groups is 2. The van der Waals surface area contributed by atoms with Gasteiger partial charge in [-0.2, -0.15) is 8.78 Å². The van der Waals surface area contributed by atoms with Gasteiger partial charge < -0.3 is 10.1 Å². The number of carbonyl (C=O) groups excluding carboxylic acids is 2. The summed E-state index contributed by atoms with van der Waals surface area (Å²) in [5.74, 6) is -1.02. The number of fused-ring (bicyclic) bond motifs is 1. The Morgan fingerprint density at radius 1 is 1.18 bits per heavy atom. The molecule has 7 nitrogen and oxygen atoms in total. The lowest BCUT2D eigenvalue weighted by atomic mass is 9.85. The number of nitrogens with zero attached hydrogens (tertiary/aromatic N) is 1. The third kappa shape index (κ3) is 4.31. The summed E-state index contributed by atoms with van der Waals surface area (Å²) in [5.41, 5.74) is 0.838. The molecule has 10 heteroatoms. The van der Waals surface area contributed by atoms with Gasteiger partial charge in [-0.1, -0.05) is 13.0 Å². The molecule has 1 N–H and O–H groups in total. The highest BCUT2D eigenvalue weighted by Crippen LogP contribution is 2.46. The number of nitrogens with one attached hydrogen (secondary N) is 1. The van der Waals surface area contributed by atoms with Gasteiger partial charge in [0.05, 0.1) is 28.3 Å². The minimum atomic E-state index is -3.18. The molecule has 33 heavy (non-hydrogen) atoms. The number of hydrogen-bond donors (Lipinski definition) is 1. The predicted octanol–water partition coefficient (Wildman–Crippen LogP) is 3.41. The van der Waals surface area contributed by atoms with Gasteiger partial charge in [-0.25, -0.2) is 8.42 Å². The molecular formula is C23H24F2N2O5S. The molecule has 4 rings (SSSR count). The van der Waals surface area contributed by atoms with Crippen LogP contribution in [0.5, 0.6) is 5.75 Å². The van der Waals surface area contributed by atoms with E-state index < -0.39 is 33.8 Å². The molecule has 2 aromatic carbocycles. The number of sulfone groups is 1. The van der Waals surface area contributed by atoms with E-state index in [-0.39, 0.29) is 29.1 Å². The van der Waals surface area contributed by atoms with Crippen LogP contribution in [-0.2, 0) is 20.0 Å². The summed E-state index contributed by atoms with van der Waals surface area (Å²) in [7, 11) is -3.18. The van der Waals surface area contributed by atoms with Gasteiger partial charge in [0.25, 0.3) is 5.91 Å². The van der Waals surface area contributed by atoms with Crippen LogP contribution < -0.4 is 15.0 Å². The average molecular weight is 479 g/mol. The molecule has 0 saturated carbocycles. The number of alkyl halides is 2. The van der Waals surface area contributed by atoms with Crippen molar-refractivity contribution in [3.05, 3.63) is 53.6 Å². The van der Waals surface area contributed by atoms with Gasteiger partial charge in [0.2, 0.25) is 5.91 Å². The first-order chi connectivity index (χ1) is 15.4. The monoisotopic (exact) mass is 478 g/mol. The van der Waals surface area contributed by atoms with Crippen LogP contribution in [0.25, 0.3) is 0 Å². The van der Waals surface area contributed by atoms with Gasteiger partial charge in [0.1, 0.15) is 5.75 Å². The van der Waals surface area contributed by atoms with Gasteiger partial charge in [-0.05, 0) is 55.7 Å². The van der Waals surface area contributed by atoms with E-state index in [9.17, 15) is 26.8 Å². The zero-order valence-corrected chi connectivity index (χ0v) is 19.2. The van der Waals surface area contributed by atoms with Gasteiger partial charge in [-0.15, -0.1) is 0 Å². The predicted molar refractivity (Wildman–Crippen MR) is 119 cm³/mol. The summed E-state index contributed by atoms with van der Waals surface area (Å²) < 4.78 is 53.4. The number of benzene rings is 2. The summed E-state index contributed by atoms with van der Waals surface area (Å²) in [6.07, 6.45) is 0. The van der Waals surface area contributed by atoms with Crippen molar-refractivity contribution in [1.29, 1.82) is 0 Å². The Morgan fingerprint density at radius 3 is 2.55 bits per heavy atom. The van der Waals surface area contributed by atoms with Crippen molar-refractivity contribution >= 4 is 33.0 Å². The molecule has 0 aliphatic carbocycles. The summed E-state index contributed by atoms with van der Waals surface area (Å²) >= 11 is 0. The molecule has 2 heterocycles. The van der Waals surface area contributed by atoms with E-state index in [0.29, 0.717) is 22.5 Å². The molecule has 2 aliphatic rings. The van der Waals surface area contributed by atoms with Crippen molar-refractivity contribution in [3.8, 4) is 5.75 Å². The maximum Gasteiger partial charge on any atom is 0.387 e. The second-order valence-electron chi connectivity index (χ2n) is 9.01. The number of ether oxygens (including phenoxy) is 1. The van der Waals surface area contributed by atoms with E-state index >= 15 is 0 Å². The fraction of sp³-hybridized carbons (Fsp3) is 0.391. The third-order valence-corrected chi connectivity index (χ3v) is 8.07. The van der Waals surface area contributed by atoms with Gasteiger partial charge in [-0.3, -0.25) is 14.5 Å². The molecular weight excluding hydrogens is 454 g/mol. The Balaban J connectivity index is 1.65. The first-order valence-corrected chi connectivity index (χ1v) is 12.3. The van der Waals surface area contributed by atoms with Crippen LogP contribution in [0.4, 0.5) is 20.2 Å². The number of rotatable bonds is 5. The van der Waals surface area contributed by atoms with Crippen LogP contribution in [0.15, 0.2) is 42.5 Å². The van der Waals surface area contributed by atoms with Crippen LogP contribution in [0.2, 0.25) is 0 Å². The van der Waals surface area contributed by atoms with E-state index in [1.165, 1.54) is 23.1 Å². The lowest BCUT2D eigenvalue weighted by Gasteiger charge is -2.21. The molecule has 176 valence electrons. The van der Waals surface area contributed by atoms with Crippen LogP contribution in [-0.4, -0.2) is 44.4 Å². The molecule has 0 spiro atoms. The molecule has 2 aliphatic heterocycles. The smallest absolute Gasteiger partial charge is 0.387 e. The van der Waals surface area contributed by atoms with Gasteiger partial charge >= 0.3 is 6.61 Å². The topological polar surface area (TPSA) is 92.8 Å². The zero-order chi connectivity index (χ0) is 24.1. The first-order valence-electron chi connectivity index (χ1n) is 10.4. The molecule has 0 radical (unpaired) electrons. The number of anilines is 2. The number of hydrogen-bond acceptors (Lipinski definition) is 5. The number of halogens is 2.